The number of rotatable bonds is 5. The number of anilines is 1. The van der Waals surface area contributed by atoms with E-state index in [-0.39, 0.29) is 11.3 Å². The molecule has 0 saturated heterocycles. The van der Waals surface area contributed by atoms with Gasteiger partial charge in [0.2, 0.25) is 5.91 Å². The second kappa shape index (κ2) is 7.63. The van der Waals surface area contributed by atoms with Gasteiger partial charge in [0.25, 0.3) is 0 Å². The largest absolute Gasteiger partial charge is 0.497 e. The Balaban J connectivity index is 2.26. The number of ether oxygens (including phenoxy) is 2. The van der Waals surface area contributed by atoms with Gasteiger partial charge in [0.1, 0.15) is 5.75 Å². The van der Waals surface area contributed by atoms with Crippen molar-refractivity contribution in [2.45, 2.75) is 12.8 Å². The predicted octanol–water partition coefficient (Wildman–Crippen LogP) is 2.09. The maximum absolute atomic E-state index is 12.5. The summed E-state index contributed by atoms with van der Waals surface area (Å²) in [5.41, 5.74) is 0.398. The highest BCUT2D eigenvalue weighted by Crippen LogP contribution is 2.29. The van der Waals surface area contributed by atoms with Crippen molar-refractivity contribution < 1.29 is 29.0 Å². The summed E-state index contributed by atoms with van der Waals surface area (Å²) in [5.74, 6) is -3.11. The van der Waals surface area contributed by atoms with Crippen LogP contribution >= 0.6 is 0 Å². The summed E-state index contributed by atoms with van der Waals surface area (Å²) in [6.45, 7) is 0. The number of hydrogen-bond donors (Lipinski definition) is 2. The summed E-state index contributed by atoms with van der Waals surface area (Å²) in [5, 5.41) is 11.9. The lowest BCUT2D eigenvalue weighted by molar-refractivity contribution is -0.146. The van der Waals surface area contributed by atoms with Crippen LogP contribution < -0.4 is 10.1 Å². The van der Waals surface area contributed by atoms with Gasteiger partial charge in [-0.1, -0.05) is 12.2 Å². The van der Waals surface area contributed by atoms with Gasteiger partial charge in [0.15, 0.2) is 0 Å². The van der Waals surface area contributed by atoms with Gasteiger partial charge in [0, 0.05) is 0 Å². The number of carbonyl (C=O) groups excluding carboxylic acids is 2. The highest BCUT2D eigenvalue weighted by molar-refractivity contribution is 6.03. The second-order valence-corrected chi connectivity index (χ2v) is 5.39. The van der Waals surface area contributed by atoms with E-state index in [9.17, 15) is 19.5 Å². The van der Waals surface area contributed by atoms with Crippen molar-refractivity contribution in [1.29, 1.82) is 0 Å². The molecule has 0 radical (unpaired) electrons. The molecule has 0 heterocycles. The lowest BCUT2D eigenvalue weighted by Crippen LogP contribution is -2.35. The van der Waals surface area contributed by atoms with Crippen LogP contribution in [0.4, 0.5) is 5.69 Å². The molecule has 7 heteroatoms. The zero-order chi connectivity index (χ0) is 17.7. The molecule has 1 aliphatic rings. The van der Waals surface area contributed by atoms with Crippen LogP contribution in [0.1, 0.15) is 23.2 Å². The average Bonchev–Trinajstić information content (AvgIpc) is 2.61. The number of carboxylic acid groups (broad SMARTS) is 1. The van der Waals surface area contributed by atoms with Crippen molar-refractivity contribution in [2.75, 3.05) is 19.5 Å². The SMILES string of the molecule is COC(=O)c1cc(OC)ccc1NC(=O)[C@H]1CC=CC[C@@H]1C(=O)O. The number of nitrogens with one attached hydrogen (secondary N) is 1. The predicted molar refractivity (Wildman–Crippen MR) is 86.0 cm³/mol. The number of carboxylic acids is 1. The van der Waals surface area contributed by atoms with Gasteiger partial charge in [-0.25, -0.2) is 4.79 Å². The van der Waals surface area contributed by atoms with Gasteiger partial charge in [0.05, 0.1) is 37.3 Å². The second-order valence-electron chi connectivity index (χ2n) is 5.39. The number of hydrogen-bond acceptors (Lipinski definition) is 5. The smallest absolute Gasteiger partial charge is 0.340 e. The molecule has 24 heavy (non-hydrogen) atoms. The molecule has 1 amide bonds. The summed E-state index contributed by atoms with van der Waals surface area (Å²) < 4.78 is 9.78. The van der Waals surface area contributed by atoms with E-state index in [1.165, 1.54) is 26.4 Å². The molecule has 1 aromatic carbocycles. The number of allylic oxidation sites excluding steroid dienone is 2. The van der Waals surface area contributed by atoms with Crippen LogP contribution in [-0.4, -0.2) is 37.2 Å². The molecular formula is C17H19NO6. The third kappa shape index (κ3) is 3.73. The zero-order valence-corrected chi connectivity index (χ0v) is 13.4. The summed E-state index contributed by atoms with van der Waals surface area (Å²) in [6.07, 6.45) is 4.20. The molecule has 7 nitrogen and oxygen atoms in total. The molecule has 0 unspecified atom stereocenters. The molecule has 0 bridgehead atoms. The minimum absolute atomic E-state index is 0.142. The number of methoxy groups -OCH3 is 2. The number of amides is 1. The van der Waals surface area contributed by atoms with E-state index in [1.54, 1.807) is 18.2 Å². The number of carbonyl (C=O) groups is 3. The molecule has 128 valence electrons. The number of aliphatic carboxylic acids is 1. The van der Waals surface area contributed by atoms with Gasteiger partial charge in [-0.15, -0.1) is 0 Å². The molecular weight excluding hydrogens is 314 g/mol. The summed E-state index contributed by atoms with van der Waals surface area (Å²) in [7, 11) is 2.69. The summed E-state index contributed by atoms with van der Waals surface area (Å²) in [4.78, 5) is 35.7. The molecule has 0 saturated carbocycles. The summed E-state index contributed by atoms with van der Waals surface area (Å²) in [6, 6.07) is 4.58. The van der Waals surface area contributed by atoms with Gasteiger partial charge in [-0.05, 0) is 31.0 Å². The fraction of sp³-hybridized carbons (Fsp3) is 0.353. The zero-order valence-electron chi connectivity index (χ0n) is 13.4. The molecule has 0 fully saturated rings. The van der Waals surface area contributed by atoms with E-state index in [0.29, 0.717) is 18.6 Å². The maximum Gasteiger partial charge on any atom is 0.340 e. The van der Waals surface area contributed by atoms with Gasteiger partial charge in [-0.2, -0.15) is 0 Å². The highest BCUT2D eigenvalue weighted by atomic mass is 16.5. The Morgan fingerprint density at radius 1 is 1.12 bits per heavy atom. The van der Waals surface area contributed by atoms with E-state index >= 15 is 0 Å². The van der Waals surface area contributed by atoms with Crippen molar-refractivity contribution in [1.82, 2.24) is 0 Å². The van der Waals surface area contributed by atoms with Crippen LogP contribution in [-0.2, 0) is 14.3 Å². The molecule has 1 aliphatic carbocycles. The fourth-order valence-corrected chi connectivity index (χ4v) is 2.64. The van der Waals surface area contributed by atoms with Gasteiger partial charge < -0.3 is 19.9 Å². The van der Waals surface area contributed by atoms with E-state index in [4.69, 9.17) is 9.47 Å². The van der Waals surface area contributed by atoms with E-state index < -0.39 is 29.7 Å². The molecule has 2 N–H and O–H groups in total. The van der Waals surface area contributed by atoms with E-state index in [1.807, 2.05) is 0 Å². The first-order valence-corrected chi connectivity index (χ1v) is 7.43. The molecule has 0 aliphatic heterocycles. The van der Waals surface area contributed by atoms with Gasteiger partial charge >= 0.3 is 11.9 Å². The van der Waals surface area contributed by atoms with Crippen molar-refractivity contribution in [3.63, 3.8) is 0 Å². The first-order chi connectivity index (χ1) is 11.5. The molecule has 2 atom stereocenters. The fourth-order valence-electron chi connectivity index (χ4n) is 2.64. The Morgan fingerprint density at radius 3 is 2.38 bits per heavy atom. The Kier molecular flexibility index (Phi) is 5.57. The third-order valence-corrected chi connectivity index (χ3v) is 3.98. The van der Waals surface area contributed by atoms with Crippen molar-refractivity contribution in [3.05, 3.63) is 35.9 Å². The maximum atomic E-state index is 12.5. The Labute approximate surface area is 139 Å². The van der Waals surface area contributed by atoms with Crippen LogP contribution in [0.25, 0.3) is 0 Å². The lowest BCUT2D eigenvalue weighted by atomic mass is 9.82. The van der Waals surface area contributed by atoms with Gasteiger partial charge in [-0.3, -0.25) is 9.59 Å². The Morgan fingerprint density at radius 2 is 1.79 bits per heavy atom. The van der Waals surface area contributed by atoms with Crippen LogP contribution in [0.3, 0.4) is 0 Å². The normalized spacial score (nSPS) is 19.4. The van der Waals surface area contributed by atoms with Crippen LogP contribution in [0, 0.1) is 11.8 Å². The third-order valence-electron chi connectivity index (χ3n) is 3.98. The van der Waals surface area contributed by atoms with E-state index in [0.717, 1.165) is 0 Å². The summed E-state index contributed by atoms with van der Waals surface area (Å²) >= 11 is 0. The minimum atomic E-state index is -1.01. The Bertz CT molecular complexity index is 682. The number of esters is 1. The molecule has 2 rings (SSSR count). The van der Waals surface area contributed by atoms with Crippen LogP contribution in [0.5, 0.6) is 5.75 Å². The molecule has 1 aromatic rings. The molecule has 0 spiro atoms. The monoisotopic (exact) mass is 333 g/mol. The average molecular weight is 333 g/mol. The number of benzene rings is 1. The quantitative estimate of drug-likeness (QED) is 0.632. The van der Waals surface area contributed by atoms with Crippen molar-refractivity contribution >= 4 is 23.5 Å². The van der Waals surface area contributed by atoms with Crippen molar-refractivity contribution in [2.24, 2.45) is 11.8 Å². The topological polar surface area (TPSA) is 102 Å². The van der Waals surface area contributed by atoms with Crippen LogP contribution in [0.2, 0.25) is 0 Å². The minimum Gasteiger partial charge on any atom is -0.497 e. The van der Waals surface area contributed by atoms with Crippen molar-refractivity contribution in [3.8, 4) is 5.75 Å². The van der Waals surface area contributed by atoms with Crippen LogP contribution in [0.15, 0.2) is 30.4 Å². The first kappa shape index (κ1) is 17.5. The molecule has 0 aromatic heterocycles. The highest BCUT2D eigenvalue weighted by Gasteiger charge is 2.34. The van der Waals surface area contributed by atoms with E-state index in [2.05, 4.69) is 5.32 Å². The first-order valence-electron chi connectivity index (χ1n) is 7.43. The lowest BCUT2D eigenvalue weighted by Gasteiger charge is -2.24. The standard InChI is InChI=1S/C17H19NO6/c1-23-10-7-8-14(13(9-10)17(22)24-2)18-15(19)11-5-3-4-6-12(11)16(20)21/h3-4,7-9,11-12H,5-6H2,1-2H3,(H,18,19)(H,20,21)/t11-,12-/m0/s1. The Hall–Kier alpha value is -2.83.